The highest BCUT2D eigenvalue weighted by atomic mass is 16.5. The average Bonchev–Trinajstić information content (AvgIpc) is 3.22. The molecule has 8 nitrogen and oxygen atoms in total. The van der Waals surface area contributed by atoms with Gasteiger partial charge in [-0.05, 0) is 18.9 Å². The van der Waals surface area contributed by atoms with E-state index in [1.54, 1.807) is 16.7 Å². The number of carbonyl (C=O) groups excluding carboxylic acids is 3. The quantitative estimate of drug-likeness (QED) is 0.585. The minimum atomic E-state index is -1.25. The zero-order valence-electron chi connectivity index (χ0n) is 21.0. The van der Waals surface area contributed by atoms with Crippen LogP contribution >= 0.6 is 0 Å². The molecule has 6 atom stereocenters. The van der Waals surface area contributed by atoms with Crippen LogP contribution in [-0.2, 0) is 25.7 Å². The van der Waals surface area contributed by atoms with Crippen molar-refractivity contribution in [2.24, 2.45) is 11.8 Å². The third-order valence-corrected chi connectivity index (χ3v) is 8.00. The van der Waals surface area contributed by atoms with E-state index in [4.69, 9.17) is 4.74 Å². The molecule has 1 aromatic carbocycles. The highest BCUT2D eigenvalue weighted by molar-refractivity contribution is 6.00. The Morgan fingerprint density at radius 1 is 1.06 bits per heavy atom. The summed E-state index contributed by atoms with van der Waals surface area (Å²) in [7, 11) is 0. The van der Waals surface area contributed by atoms with Crippen LogP contribution in [-0.4, -0.2) is 87.6 Å². The Labute approximate surface area is 212 Å². The number of aliphatic hydroxyl groups excluding tert-OH is 1. The van der Waals surface area contributed by atoms with Crippen LogP contribution in [0.4, 0.5) is 0 Å². The van der Waals surface area contributed by atoms with E-state index in [1.165, 1.54) is 4.90 Å². The number of ether oxygens (including phenoxy) is 1. The molecule has 8 heteroatoms. The van der Waals surface area contributed by atoms with Crippen molar-refractivity contribution in [2.45, 2.75) is 57.0 Å². The van der Waals surface area contributed by atoms with Gasteiger partial charge in [-0.15, -0.1) is 0 Å². The third-order valence-electron chi connectivity index (χ3n) is 8.00. The molecular weight excluding hydrogens is 458 g/mol. The van der Waals surface area contributed by atoms with Crippen LogP contribution in [0, 0.1) is 11.8 Å². The molecule has 0 aromatic heterocycles. The zero-order chi connectivity index (χ0) is 25.4. The lowest BCUT2D eigenvalue weighted by atomic mass is 9.77. The number of unbranched alkanes of at least 4 members (excludes halogenated alkanes) is 1. The highest BCUT2D eigenvalue weighted by Crippen LogP contribution is 2.54. The number of fused-ring (bicyclic) bond motifs is 2. The van der Waals surface area contributed by atoms with Crippen LogP contribution in [0.2, 0.25) is 0 Å². The summed E-state index contributed by atoms with van der Waals surface area (Å²) in [6.07, 6.45) is 8.76. The van der Waals surface area contributed by atoms with E-state index >= 15 is 0 Å². The minimum Gasteiger partial charge on any atom is -0.394 e. The number of likely N-dealkylation sites (tertiary alicyclic amines) is 1. The Hall–Kier alpha value is -2.97. The van der Waals surface area contributed by atoms with Crippen LogP contribution in [0.5, 0.6) is 0 Å². The first-order chi connectivity index (χ1) is 17.4. The summed E-state index contributed by atoms with van der Waals surface area (Å²) in [4.78, 5) is 47.0. The number of hydrogen-bond donors (Lipinski definition) is 1. The van der Waals surface area contributed by atoms with Crippen molar-refractivity contribution in [1.29, 1.82) is 0 Å². The Morgan fingerprint density at radius 2 is 1.81 bits per heavy atom. The molecule has 36 heavy (non-hydrogen) atoms. The topological polar surface area (TPSA) is 90.4 Å². The van der Waals surface area contributed by atoms with Gasteiger partial charge in [-0.3, -0.25) is 14.4 Å². The molecule has 4 aliphatic rings. The second-order valence-corrected chi connectivity index (χ2v) is 10.3. The Bertz CT molecular complexity index is 1070. The van der Waals surface area contributed by atoms with Gasteiger partial charge in [-0.25, -0.2) is 0 Å². The number of aliphatic hydroxyl groups is 1. The summed E-state index contributed by atoms with van der Waals surface area (Å²) in [5.74, 6) is -2.19. The zero-order valence-corrected chi connectivity index (χ0v) is 21.0. The second-order valence-electron chi connectivity index (χ2n) is 10.3. The number of amides is 3. The second kappa shape index (κ2) is 9.82. The molecule has 3 amide bonds. The lowest BCUT2D eigenvalue weighted by Crippen LogP contribution is -2.57. The van der Waals surface area contributed by atoms with E-state index in [9.17, 15) is 19.5 Å². The molecule has 4 heterocycles. The van der Waals surface area contributed by atoms with Gasteiger partial charge in [0, 0.05) is 26.2 Å². The van der Waals surface area contributed by atoms with E-state index in [2.05, 4.69) is 6.92 Å². The summed E-state index contributed by atoms with van der Waals surface area (Å²) in [5, 5.41) is 10.00. The van der Waals surface area contributed by atoms with Gasteiger partial charge in [-0.2, -0.15) is 0 Å². The molecule has 0 radical (unpaired) electrons. The Morgan fingerprint density at radius 3 is 2.53 bits per heavy atom. The van der Waals surface area contributed by atoms with Gasteiger partial charge in [0.2, 0.25) is 17.7 Å². The van der Waals surface area contributed by atoms with Crippen LogP contribution in [0.3, 0.4) is 0 Å². The molecule has 2 fully saturated rings. The fraction of sp³-hybridized carbons (Fsp3) is 0.536. The number of carbonyl (C=O) groups is 3. The van der Waals surface area contributed by atoms with Crippen molar-refractivity contribution in [3.63, 3.8) is 0 Å². The predicted octanol–water partition coefficient (Wildman–Crippen LogP) is 1.75. The molecular formula is C28H35N3O5. The molecule has 192 valence electrons. The molecule has 1 unspecified atom stereocenters. The van der Waals surface area contributed by atoms with Gasteiger partial charge >= 0.3 is 0 Å². The highest BCUT2D eigenvalue weighted by Gasteiger charge is 2.72. The van der Waals surface area contributed by atoms with Crippen LogP contribution in [0.25, 0.3) is 0 Å². The normalized spacial score (nSPS) is 32.3. The number of rotatable bonds is 7. The van der Waals surface area contributed by atoms with E-state index in [1.807, 2.05) is 54.6 Å². The van der Waals surface area contributed by atoms with Crippen LogP contribution in [0.1, 0.15) is 32.3 Å². The summed E-state index contributed by atoms with van der Waals surface area (Å²) in [6.45, 7) is 5.41. The van der Waals surface area contributed by atoms with E-state index in [0.717, 1.165) is 18.4 Å². The van der Waals surface area contributed by atoms with Gasteiger partial charge < -0.3 is 24.5 Å². The first kappa shape index (κ1) is 24.7. The molecule has 2 saturated heterocycles. The maximum absolute atomic E-state index is 14.0. The van der Waals surface area contributed by atoms with Gasteiger partial charge in [-0.1, -0.05) is 68.0 Å². The molecule has 1 N–H and O–H groups in total. The summed E-state index contributed by atoms with van der Waals surface area (Å²) in [5.41, 5.74) is -0.238. The minimum absolute atomic E-state index is 0.144. The van der Waals surface area contributed by atoms with E-state index in [-0.39, 0.29) is 24.3 Å². The standard InChI is InChI=1S/C28H35N3O5/c1-3-4-14-29-16-9-13-28-23(26(34)31(19(2)18-32)24(28)27(29)35)22-21(36-28)12-8-15-30(25(22)33)17-20-10-6-5-7-11-20/h5-13,19,21-24,32H,3-4,14-18H2,1-2H3/t19-,21-,22+,23+,24?,28+/m1/s1. The predicted molar refractivity (Wildman–Crippen MR) is 133 cm³/mol. The van der Waals surface area contributed by atoms with Crippen LogP contribution in [0.15, 0.2) is 54.6 Å². The first-order valence-corrected chi connectivity index (χ1v) is 13.0. The summed E-state index contributed by atoms with van der Waals surface area (Å²) < 4.78 is 6.62. The lowest BCUT2D eigenvalue weighted by Gasteiger charge is -2.37. The molecule has 0 aliphatic carbocycles. The van der Waals surface area contributed by atoms with Crippen molar-refractivity contribution >= 4 is 17.7 Å². The average molecular weight is 494 g/mol. The van der Waals surface area contributed by atoms with Crippen LogP contribution < -0.4 is 0 Å². The van der Waals surface area contributed by atoms with Gasteiger partial charge in [0.25, 0.3) is 0 Å². The van der Waals surface area contributed by atoms with Gasteiger partial charge in [0.05, 0.1) is 30.6 Å². The van der Waals surface area contributed by atoms with Gasteiger partial charge in [0.15, 0.2) is 0 Å². The van der Waals surface area contributed by atoms with Crippen molar-refractivity contribution in [3.05, 3.63) is 60.2 Å². The SMILES string of the molecule is CCCCN1CC=C[C@]23O[C@@H]4C=CCN(Cc5ccccc5)C(=O)[C@@H]4[C@H]2C(=O)N([C@H](C)CO)C3C1=O. The van der Waals surface area contributed by atoms with E-state index < -0.39 is 35.6 Å². The largest absolute Gasteiger partial charge is 0.394 e. The van der Waals surface area contributed by atoms with Crippen molar-refractivity contribution < 1.29 is 24.2 Å². The molecule has 0 saturated carbocycles. The van der Waals surface area contributed by atoms with E-state index in [0.29, 0.717) is 26.2 Å². The van der Waals surface area contributed by atoms with Crippen molar-refractivity contribution in [1.82, 2.24) is 14.7 Å². The number of nitrogens with zero attached hydrogens (tertiary/aromatic N) is 3. The maximum Gasteiger partial charge on any atom is 0.249 e. The van der Waals surface area contributed by atoms with Crippen molar-refractivity contribution in [2.75, 3.05) is 26.2 Å². The summed E-state index contributed by atoms with van der Waals surface area (Å²) >= 11 is 0. The molecule has 1 aromatic rings. The monoisotopic (exact) mass is 493 g/mol. The molecule has 5 rings (SSSR count). The number of hydrogen-bond acceptors (Lipinski definition) is 5. The maximum atomic E-state index is 14.0. The van der Waals surface area contributed by atoms with Crippen molar-refractivity contribution in [3.8, 4) is 0 Å². The number of benzene rings is 1. The summed E-state index contributed by atoms with van der Waals surface area (Å²) in [6, 6.07) is 8.28. The molecule has 1 spiro atoms. The Balaban J connectivity index is 1.54. The molecule has 0 bridgehead atoms. The molecule has 4 aliphatic heterocycles. The Kier molecular flexibility index (Phi) is 6.74. The first-order valence-electron chi connectivity index (χ1n) is 13.0. The van der Waals surface area contributed by atoms with Gasteiger partial charge in [0.1, 0.15) is 11.6 Å². The third kappa shape index (κ3) is 3.87. The smallest absolute Gasteiger partial charge is 0.249 e. The lowest BCUT2D eigenvalue weighted by molar-refractivity contribution is -0.151. The fourth-order valence-corrected chi connectivity index (χ4v) is 6.23. The fourth-order valence-electron chi connectivity index (χ4n) is 6.23.